The van der Waals surface area contributed by atoms with Crippen LogP contribution in [0.4, 0.5) is 4.39 Å². The van der Waals surface area contributed by atoms with Gasteiger partial charge in [-0.25, -0.2) is 4.39 Å². The Balaban J connectivity index is 1.78. The first-order chi connectivity index (χ1) is 15.4. The second-order valence-electron chi connectivity index (χ2n) is 8.01. The molecule has 0 saturated heterocycles. The zero-order valence-corrected chi connectivity index (χ0v) is 18.5. The lowest BCUT2D eigenvalue weighted by atomic mass is 9.86. The van der Waals surface area contributed by atoms with Gasteiger partial charge in [0.2, 0.25) is 0 Å². The minimum Gasteiger partial charge on any atom is -0.491 e. The van der Waals surface area contributed by atoms with E-state index >= 15 is 0 Å². The molecule has 0 heterocycles. The molecule has 2 rings (SSSR count). The molecular formula is C24H32FNO6. The van der Waals surface area contributed by atoms with Crippen molar-refractivity contribution < 1.29 is 28.6 Å². The Morgan fingerprint density at radius 1 is 1.31 bits per heavy atom. The summed E-state index contributed by atoms with van der Waals surface area (Å²) >= 11 is 0. The molecule has 1 N–H and O–H groups in total. The molecular weight excluding hydrogens is 417 g/mol. The fourth-order valence-corrected chi connectivity index (χ4v) is 3.98. The number of benzene rings is 1. The number of nitrogens with zero attached hydrogens (tertiary/aromatic N) is 1. The number of carbonyl (C=O) groups is 2. The maximum Gasteiger partial charge on any atom is 0.305 e. The largest absolute Gasteiger partial charge is 0.491 e. The molecule has 1 aromatic carbocycles. The summed E-state index contributed by atoms with van der Waals surface area (Å²) in [5, 5.41) is 13.4. The number of halogens is 1. The molecule has 1 fully saturated rings. The van der Waals surface area contributed by atoms with Crippen molar-refractivity contribution in [2.45, 2.75) is 64.0 Å². The summed E-state index contributed by atoms with van der Waals surface area (Å²) in [7, 11) is 0. The predicted molar refractivity (Wildman–Crippen MR) is 118 cm³/mol. The third-order valence-corrected chi connectivity index (χ3v) is 5.67. The minimum absolute atomic E-state index is 0.0211. The summed E-state index contributed by atoms with van der Waals surface area (Å²) in [6.07, 6.45) is 6.32. The summed E-state index contributed by atoms with van der Waals surface area (Å²) < 4.78 is 23.3. The molecule has 8 heteroatoms. The van der Waals surface area contributed by atoms with Crippen molar-refractivity contribution in [1.29, 1.82) is 0 Å². The van der Waals surface area contributed by atoms with E-state index in [2.05, 4.69) is 5.18 Å². The van der Waals surface area contributed by atoms with Gasteiger partial charge in [-0.15, -0.1) is 0 Å². The van der Waals surface area contributed by atoms with Crippen molar-refractivity contribution in [3.8, 4) is 5.75 Å². The normalized spacial score (nSPS) is 21.6. The average molecular weight is 450 g/mol. The van der Waals surface area contributed by atoms with Gasteiger partial charge < -0.3 is 14.6 Å². The lowest BCUT2D eigenvalue weighted by Gasteiger charge is -2.21. The maximum absolute atomic E-state index is 12.9. The van der Waals surface area contributed by atoms with Crippen molar-refractivity contribution in [2.75, 3.05) is 13.2 Å². The Bertz CT molecular complexity index is 766. The highest BCUT2D eigenvalue weighted by Gasteiger charge is 2.42. The number of Topliss-reactive ketones (excluding diaryl/α,β-unsaturated/α-hetero) is 1. The van der Waals surface area contributed by atoms with E-state index in [0.717, 1.165) is 0 Å². The summed E-state index contributed by atoms with van der Waals surface area (Å²) in [6, 6.07) is 4.95. The number of hydrogen-bond donors (Lipinski definition) is 1. The molecule has 1 saturated carbocycles. The molecule has 0 aromatic heterocycles. The van der Waals surface area contributed by atoms with E-state index in [1.54, 1.807) is 6.92 Å². The molecule has 1 aliphatic carbocycles. The predicted octanol–water partition coefficient (Wildman–Crippen LogP) is 4.37. The van der Waals surface area contributed by atoms with Crippen molar-refractivity contribution in [3.63, 3.8) is 0 Å². The van der Waals surface area contributed by atoms with Gasteiger partial charge in [0.1, 0.15) is 30.0 Å². The Morgan fingerprint density at radius 2 is 2.06 bits per heavy atom. The van der Waals surface area contributed by atoms with Crippen molar-refractivity contribution in [1.82, 2.24) is 0 Å². The highest BCUT2D eigenvalue weighted by molar-refractivity contribution is 5.84. The van der Waals surface area contributed by atoms with Gasteiger partial charge in [0.15, 0.2) is 0 Å². The first-order valence-corrected chi connectivity index (χ1v) is 11.2. The number of hydrogen-bond acceptors (Lipinski definition) is 7. The topological polar surface area (TPSA) is 102 Å². The second-order valence-corrected chi connectivity index (χ2v) is 8.01. The van der Waals surface area contributed by atoms with Crippen LogP contribution in [0, 0.1) is 22.6 Å². The summed E-state index contributed by atoms with van der Waals surface area (Å²) in [5.41, 5.74) is 0. The molecule has 176 valence electrons. The van der Waals surface area contributed by atoms with Crippen molar-refractivity contribution >= 4 is 11.8 Å². The number of ether oxygens (including phenoxy) is 2. The highest BCUT2D eigenvalue weighted by Crippen LogP contribution is 2.37. The molecule has 0 spiro atoms. The number of rotatable bonds is 14. The van der Waals surface area contributed by atoms with Crippen LogP contribution in [0.2, 0.25) is 0 Å². The van der Waals surface area contributed by atoms with Gasteiger partial charge in [-0.3, -0.25) is 9.59 Å². The van der Waals surface area contributed by atoms with Gasteiger partial charge in [0, 0.05) is 18.8 Å². The Labute approximate surface area is 188 Å². The van der Waals surface area contributed by atoms with Crippen LogP contribution in [0.5, 0.6) is 5.75 Å². The number of allylic oxidation sites excluding steroid dienone is 2. The van der Waals surface area contributed by atoms with E-state index in [1.165, 1.54) is 24.3 Å². The van der Waals surface area contributed by atoms with Crippen LogP contribution in [0.15, 0.2) is 41.6 Å². The average Bonchev–Trinajstić information content (AvgIpc) is 3.08. The van der Waals surface area contributed by atoms with Crippen molar-refractivity contribution in [3.05, 3.63) is 47.1 Å². The van der Waals surface area contributed by atoms with E-state index in [9.17, 15) is 24.0 Å². The molecule has 0 aliphatic heterocycles. The third-order valence-electron chi connectivity index (χ3n) is 5.67. The first-order valence-electron chi connectivity index (χ1n) is 11.2. The number of carbonyl (C=O) groups excluding carboxylic acids is 2. The van der Waals surface area contributed by atoms with Gasteiger partial charge >= 0.3 is 5.97 Å². The van der Waals surface area contributed by atoms with Gasteiger partial charge in [0.05, 0.1) is 12.7 Å². The van der Waals surface area contributed by atoms with Crippen LogP contribution >= 0.6 is 0 Å². The Hall–Kier alpha value is -2.61. The van der Waals surface area contributed by atoms with Crippen LogP contribution in [0.1, 0.15) is 51.9 Å². The number of nitroso groups, excluding NO2 is 1. The van der Waals surface area contributed by atoms with Crippen LogP contribution in [0.25, 0.3) is 0 Å². The zero-order valence-electron chi connectivity index (χ0n) is 18.5. The summed E-state index contributed by atoms with van der Waals surface area (Å²) in [5.74, 6) is -0.620. The molecule has 0 amide bonds. The smallest absolute Gasteiger partial charge is 0.305 e. The molecule has 1 unspecified atom stereocenters. The second kappa shape index (κ2) is 13.7. The molecule has 1 aromatic rings. The summed E-state index contributed by atoms with van der Waals surface area (Å²) in [6.45, 7) is 2.18. The van der Waals surface area contributed by atoms with Gasteiger partial charge in [-0.1, -0.05) is 17.3 Å². The monoisotopic (exact) mass is 449 g/mol. The van der Waals surface area contributed by atoms with E-state index < -0.39 is 12.1 Å². The molecule has 0 bridgehead atoms. The number of esters is 1. The maximum atomic E-state index is 12.9. The number of ketones is 1. The van der Waals surface area contributed by atoms with E-state index in [1.807, 2.05) is 12.2 Å². The van der Waals surface area contributed by atoms with Gasteiger partial charge in [-0.2, -0.15) is 4.91 Å². The lowest BCUT2D eigenvalue weighted by Crippen LogP contribution is -2.24. The zero-order chi connectivity index (χ0) is 23.3. The highest BCUT2D eigenvalue weighted by atomic mass is 19.1. The van der Waals surface area contributed by atoms with E-state index in [0.29, 0.717) is 50.9 Å². The van der Waals surface area contributed by atoms with Crippen LogP contribution in [0.3, 0.4) is 0 Å². The van der Waals surface area contributed by atoms with Gasteiger partial charge in [0.25, 0.3) is 0 Å². The summed E-state index contributed by atoms with van der Waals surface area (Å²) in [4.78, 5) is 35.0. The fourth-order valence-electron chi connectivity index (χ4n) is 3.98. The third kappa shape index (κ3) is 8.49. The fraction of sp³-hybridized carbons (Fsp3) is 0.583. The van der Waals surface area contributed by atoms with Crippen LogP contribution < -0.4 is 4.74 Å². The SMILES string of the molecule is CCOC(=O)CCCC=CC[C@H]1C(=O)CC(N=O)[C@@H]1CC[C@@H](O)COc1ccc(F)cc1. The van der Waals surface area contributed by atoms with E-state index in [4.69, 9.17) is 9.47 Å². The molecule has 32 heavy (non-hydrogen) atoms. The minimum atomic E-state index is -0.776. The Morgan fingerprint density at radius 3 is 2.75 bits per heavy atom. The van der Waals surface area contributed by atoms with E-state index in [-0.39, 0.29) is 42.4 Å². The first kappa shape index (κ1) is 25.6. The molecule has 1 aliphatic rings. The number of aliphatic hydroxyl groups is 1. The van der Waals surface area contributed by atoms with Crippen LogP contribution in [-0.2, 0) is 14.3 Å². The number of unbranched alkanes of at least 4 members (excludes halogenated alkanes) is 1. The number of aliphatic hydroxyl groups excluding tert-OH is 1. The van der Waals surface area contributed by atoms with Crippen molar-refractivity contribution in [2.24, 2.45) is 17.0 Å². The van der Waals surface area contributed by atoms with Gasteiger partial charge in [-0.05, 0) is 69.2 Å². The lowest BCUT2D eigenvalue weighted by molar-refractivity contribution is -0.143. The molecule has 0 radical (unpaired) electrons. The Kier molecular flexibility index (Phi) is 11.0. The standard InChI is InChI=1S/C24H32FNO6/c1-2-31-24(29)8-6-4-3-5-7-21-20(22(26-30)15-23(21)28)14-11-18(27)16-32-19-12-9-17(25)10-13-19/h3,5,9-10,12-13,18,20-22,27H,2,4,6-8,11,14-16H2,1H3/t18-,20-,21-,22?/m1/s1. The van der Waals surface area contributed by atoms with Crippen LogP contribution in [-0.4, -0.2) is 42.2 Å². The molecule has 7 nitrogen and oxygen atoms in total. The quantitative estimate of drug-likeness (QED) is 0.196. The molecule has 4 atom stereocenters.